The van der Waals surface area contributed by atoms with Crippen LogP contribution in [0.3, 0.4) is 0 Å². The lowest BCUT2D eigenvalue weighted by Crippen LogP contribution is -2.32. The van der Waals surface area contributed by atoms with Crippen molar-refractivity contribution in [1.82, 2.24) is 15.0 Å². The molecule has 0 bridgehead atoms. The molecule has 0 spiro atoms. The van der Waals surface area contributed by atoms with Crippen LogP contribution in [-0.2, 0) is 13.0 Å². The summed E-state index contributed by atoms with van der Waals surface area (Å²) in [6, 6.07) is 17.2. The van der Waals surface area contributed by atoms with Crippen molar-refractivity contribution in [2.75, 3.05) is 16.8 Å². The summed E-state index contributed by atoms with van der Waals surface area (Å²) in [7, 11) is 0. The van der Waals surface area contributed by atoms with Crippen molar-refractivity contribution in [3.05, 3.63) is 87.3 Å². The molecule has 1 aliphatic rings. The van der Waals surface area contributed by atoms with E-state index in [1.165, 1.54) is 11.1 Å². The van der Waals surface area contributed by atoms with E-state index in [4.69, 9.17) is 16.6 Å². The van der Waals surface area contributed by atoms with Crippen LogP contribution >= 0.6 is 11.6 Å². The smallest absolute Gasteiger partial charge is 0.356 e. The zero-order chi connectivity index (χ0) is 25.4. The SMILES string of the molecule is Cc1cc([C@@H](C)Nc2ccc(Cl)nc2C(=O)O)c2nc(N3CCc4ccccc4C3)c(C#N)nc2c1. The Morgan fingerprint density at radius 3 is 2.69 bits per heavy atom. The number of carboxylic acid groups (broad SMARTS) is 1. The maximum atomic E-state index is 11.7. The number of nitrogens with zero attached hydrogens (tertiary/aromatic N) is 5. The maximum absolute atomic E-state index is 11.7. The van der Waals surface area contributed by atoms with Crippen LogP contribution in [0.15, 0.2) is 48.5 Å². The topological polar surface area (TPSA) is 115 Å². The van der Waals surface area contributed by atoms with Gasteiger partial charge in [-0.05, 0) is 55.2 Å². The van der Waals surface area contributed by atoms with Crippen LogP contribution in [0, 0.1) is 18.3 Å². The fraction of sp³-hybridized carbons (Fsp3) is 0.222. The van der Waals surface area contributed by atoms with Crippen LogP contribution in [0.4, 0.5) is 11.5 Å². The third-order valence-corrected chi connectivity index (χ3v) is 6.57. The van der Waals surface area contributed by atoms with Crippen LogP contribution in [0.1, 0.15) is 51.4 Å². The summed E-state index contributed by atoms with van der Waals surface area (Å²) in [5.41, 5.74) is 6.07. The Bertz CT molecular complexity index is 1550. The van der Waals surface area contributed by atoms with E-state index in [9.17, 15) is 15.2 Å². The number of aromatic carboxylic acids is 1. The number of hydrogen-bond acceptors (Lipinski definition) is 7. The van der Waals surface area contributed by atoms with Gasteiger partial charge in [-0.3, -0.25) is 0 Å². The highest BCUT2D eigenvalue weighted by atomic mass is 35.5. The molecule has 0 saturated heterocycles. The van der Waals surface area contributed by atoms with Crippen molar-refractivity contribution in [3.8, 4) is 6.07 Å². The summed E-state index contributed by atoms with van der Waals surface area (Å²) in [5, 5.41) is 22.8. The first-order chi connectivity index (χ1) is 17.3. The lowest BCUT2D eigenvalue weighted by molar-refractivity contribution is 0.0691. The minimum atomic E-state index is -1.17. The van der Waals surface area contributed by atoms with E-state index in [0.29, 0.717) is 29.1 Å². The zero-order valence-corrected chi connectivity index (χ0v) is 20.5. The molecule has 2 N–H and O–H groups in total. The maximum Gasteiger partial charge on any atom is 0.356 e. The molecule has 0 fully saturated rings. The number of nitrogens with one attached hydrogen (secondary N) is 1. The molecule has 3 heterocycles. The molecule has 8 nitrogen and oxygen atoms in total. The third kappa shape index (κ3) is 4.41. The summed E-state index contributed by atoms with van der Waals surface area (Å²) in [5.74, 6) is -0.622. The van der Waals surface area contributed by atoms with E-state index < -0.39 is 5.97 Å². The number of rotatable bonds is 5. The van der Waals surface area contributed by atoms with Gasteiger partial charge in [0.05, 0.1) is 22.8 Å². The number of anilines is 2. The normalized spacial score (nSPS) is 13.7. The average Bonchev–Trinajstić information content (AvgIpc) is 2.87. The Balaban J connectivity index is 1.58. The Kier molecular flexibility index (Phi) is 6.17. The minimum Gasteiger partial charge on any atom is -0.476 e. The lowest BCUT2D eigenvalue weighted by Gasteiger charge is -2.30. The number of fused-ring (bicyclic) bond motifs is 2. The Hall–Kier alpha value is -4.22. The first kappa shape index (κ1) is 23.5. The van der Waals surface area contributed by atoms with Crippen molar-refractivity contribution < 1.29 is 9.90 Å². The van der Waals surface area contributed by atoms with Gasteiger partial charge in [0, 0.05) is 18.7 Å². The van der Waals surface area contributed by atoms with Crippen LogP contribution in [0.25, 0.3) is 11.0 Å². The summed E-state index contributed by atoms with van der Waals surface area (Å²) >= 11 is 5.91. The Morgan fingerprint density at radius 1 is 1.17 bits per heavy atom. The number of benzene rings is 2. The van der Waals surface area contributed by atoms with Crippen molar-refractivity contribution >= 4 is 40.1 Å². The molecule has 0 aliphatic carbocycles. The van der Waals surface area contributed by atoms with Gasteiger partial charge >= 0.3 is 5.97 Å². The predicted octanol–water partition coefficient (Wildman–Crippen LogP) is 5.29. The fourth-order valence-corrected chi connectivity index (χ4v) is 4.80. The molecule has 1 aliphatic heterocycles. The summed E-state index contributed by atoms with van der Waals surface area (Å²) < 4.78 is 0. The quantitative estimate of drug-likeness (QED) is 0.356. The first-order valence-electron chi connectivity index (χ1n) is 11.5. The van der Waals surface area contributed by atoms with Gasteiger partial charge in [0.15, 0.2) is 17.2 Å². The van der Waals surface area contributed by atoms with Crippen molar-refractivity contribution in [3.63, 3.8) is 0 Å². The average molecular weight is 499 g/mol. The molecule has 0 radical (unpaired) electrons. The van der Waals surface area contributed by atoms with Crippen molar-refractivity contribution in [2.24, 2.45) is 0 Å². The number of carboxylic acids is 1. The highest BCUT2D eigenvalue weighted by Crippen LogP contribution is 2.32. The summed E-state index contributed by atoms with van der Waals surface area (Å²) in [6.45, 7) is 5.26. The molecule has 36 heavy (non-hydrogen) atoms. The van der Waals surface area contributed by atoms with Gasteiger partial charge in [0.1, 0.15) is 11.2 Å². The molecule has 0 unspecified atom stereocenters. The van der Waals surface area contributed by atoms with Gasteiger partial charge in [0.25, 0.3) is 0 Å². The number of aryl methyl sites for hydroxylation is 1. The molecule has 4 aromatic rings. The number of aromatic nitrogens is 3. The molecule has 2 aromatic heterocycles. The molecule has 0 saturated carbocycles. The van der Waals surface area contributed by atoms with Gasteiger partial charge in [-0.1, -0.05) is 41.9 Å². The van der Waals surface area contributed by atoms with Crippen LogP contribution < -0.4 is 10.2 Å². The number of nitriles is 1. The second-order valence-electron chi connectivity index (χ2n) is 8.87. The standard InChI is InChI=1S/C27H23ClN6O2/c1-15-11-19(16(2)30-20-7-8-23(28)32-25(20)27(35)36)24-21(12-15)31-22(13-29)26(33-24)34-10-9-17-5-3-4-6-18(17)14-34/h3-8,11-12,16,30H,9-10,14H2,1-2H3,(H,35,36)/t16-/m1/s1. The Morgan fingerprint density at radius 2 is 1.94 bits per heavy atom. The summed E-state index contributed by atoms with van der Waals surface area (Å²) in [4.78, 5) is 27.4. The highest BCUT2D eigenvalue weighted by Gasteiger charge is 2.24. The second-order valence-corrected chi connectivity index (χ2v) is 9.26. The molecule has 180 valence electrons. The van der Waals surface area contributed by atoms with E-state index in [1.807, 2.05) is 38.1 Å². The van der Waals surface area contributed by atoms with Gasteiger partial charge in [-0.15, -0.1) is 0 Å². The van der Waals surface area contributed by atoms with Gasteiger partial charge in [-0.2, -0.15) is 5.26 Å². The minimum absolute atomic E-state index is 0.106. The number of pyridine rings is 1. The molecule has 9 heteroatoms. The molecular weight excluding hydrogens is 476 g/mol. The van der Waals surface area contributed by atoms with Gasteiger partial charge < -0.3 is 15.3 Å². The molecule has 0 amide bonds. The van der Waals surface area contributed by atoms with Crippen LogP contribution in [0.5, 0.6) is 0 Å². The van der Waals surface area contributed by atoms with Crippen LogP contribution in [-0.4, -0.2) is 32.6 Å². The molecule has 2 aromatic carbocycles. The first-order valence-corrected chi connectivity index (χ1v) is 11.9. The van der Waals surface area contributed by atoms with E-state index in [1.54, 1.807) is 12.1 Å². The largest absolute Gasteiger partial charge is 0.476 e. The van der Waals surface area contributed by atoms with Crippen molar-refractivity contribution in [1.29, 1.82) is 5.26 Å². The highest BCUT2D eigenvalue weighted by molar-refractivity contribution is 6.29. The van der Waals surface area contributed by atoms with E-state index in [0.717, 1.165) is 24.1 Å². The monoisotopic (exact) mass is 498 g/mol. The molecule has 5 rings (SSSR count). The van der Waals surface area contributed by atoms with Gasteiger partial charge in [0.2, 0.25) is 0 Å². The van der Waals surface area contributed by atoms with E-state index >= 15 is 0 Å². The molecular formula is C27H23ClN6O2. The lowest BCUT2D eigenvalue weighted by atomic mass is 9.99. The second kappa shape index (κ2) is 9.44. The molecule has 1 atom stereocenters. The van der Waals surface area contributed by atoms with Crippen molar-refractivity contribution in [2.45, 2.75) is 32.9 Å². The predicted molar refractivity (Wildman–Crippen MR) is 138 cm³/mol. The van der Waals surface area contributed by atoms with E-state index in [2.05, 4.69) is 38.4 Å². The third-order valence-electron chi connectivity index (χ3n) is 6.36. The number of halogens is 1. The Labute approximate surface area is 213 Å². The fourth-order valence-electron chi connectivity index (χ4n) is 4.65. The number of carbonyl (C=O) groups is 1. The zero-order valence-electron chi connectivity index (χ0n) is 19.8. The number of hydrogen-bond donors (Lipinski definition) is 2. The van der Waals surface area contributed by atoms with Crippen LogP contribution in [0.2, 0.25) is 5.15 Å². The summed E-state index contributed by atoms with van der Waals surface area (Å²) in [6.07, 6.45) is 0.862. The van der Waals surface area contributed by atoms with Gasteiger partial charge in [-0.25, -0.2) is 19.7 Å². The van der Waals surface area contributed by atoms with E-state index in [-0.39, 0.29) is 22.6 Å².